The molecule has 0 aromatic rings. The van der Waals surface area contributed by atoms with Gasteiger partial charge in [-0.25, -0.2) is 13.1 Å². The predicted molar refractivity (Wildman–Crippen MR) is 70.4 cm³/mol. The Morgan fingerprint density at radius 3 is 2.29 bits per heavy atom. The van der Waals surface area contributed by atoms with Crippen molar-refractivity contribution in [2.24, 2.45) is 5.92 Å². The van der Waals surface area contributed by atoms with Crippen LogP contribution in [0.25, 0.3) is 0 Å². The second kappa shape index (κ2) is 8.02. The number of nitrogens with zero attached hydrogens (tertiary/aromatic N) is 1. The number of aliphatic hydroxyl groups is 1. The molecule has 1 unspecified atom stereocenters. The molecule has 0 fully saturated rings. The topological polar surface area (TPSA) is 69.6 Å². The highest BCUT2D eigenvalue weighted by atomic mass is 32.2. The van der Waals surface area contributed by atoms with Crippen molar-refractivity contribution in [1.82, 2.24) is 9.62 Å². The first-order valence-corrected chi connectivity index (χ1v) is 7.67. The third-order valence-corrected chi connectivity index (χ3v) is 3.78. The Kier molecular flexibility index (Phi) is 7.94. The number of likely N-dealkylation sites (N-methyl/N-ethyl adjacent to an activating group) is 1. The van der Waals surface area contributed by atoms with Crippen LogP contribution in [0.2, 0.25) is 0 Å². The standard InChI is InChI=1S/C11H26N2O3S/c1-10(2)8-11(9-13(3)4)12-17(15,16)7-5-6-14/h10-12,14H,5-9H2,1-4H3. The molecule has 0 saturated carbocycles. The molecule has 104 valence electrons. The summed E-state index contributed by atoms with van der Waals surface area (Å²) in [6.07, 6.45) is 1.10. The Morgan fingerprint density at radius 2 is 1.88 bits per heavy atom. The molecule has 0 heterocycles. The highest BCUT2D eigenvalue weighted by molar-refractivity contribution is 7.89. The van der Waals surface area contributed by atoms with E-state index in [2.05, 4.69) is 18.6 Å². The fourth-order valence-electron chi connectivity index (χ4n) is 1.74. The molecular weight excluding hydrogens is 240 g/mol. The van der Waals surface area contributed by atoms with E-state index in [1.807, 2.05) is 19.0 Å². The minimum atomic E-state index is -3.27. The monoisotopic (exact) mass is 266 g/mol. The van der Waals surface area contributed by atoms with Crippen LogP contribution in [0.15, 0.2) is 0 Å². The molecule has 0 aromatic carbocycles. The molecule has 0 aliphatic carbocycles. The highest BCUT2D eigenvalue weighted by Gasteiger charge is 2.19. The first kappa shape index (κ1) is 16.8. The van der Waals surface area contributed by atoms with Crippen LogP contribution >= 0.6 is 0 Å². The summed E-state index contributed by atoms with van der Waals surface area (Å²) in [5, 5.41) is 8.65. The van der Waals surface area contributed by atoms with Crippen molar-refractivity contribution in [3.05, 3.63) is 0 Å². The zero-order valence-electron chi connectivity index (χ0n) is 11.3. The lowest BCUT2D eigenvalue weighted by Crippen LogP contribution is -2.43. The Bertz CT molecular complexity index is 279. The van der Waals surface area contributed by atoms with E-state index in [0.717, 1.165) is 6.42 Å². The Hall–Kier alpha value is -0.170. The maximum absolute atomic E-state index is 11.7. The van der Waals surface area contributed by atoms with Gasteiger partial charge in [0, 0.05) is 19.2 Å². The van der Waals surface area contributed by atoms with Crippen LogP contribution in [0.3, 0.4) is 0 Å². The highest BCUT2D eigenvalue weighted by Crippen LogP contribution is 2.07. The number of rotatable bonds is 9. The first-order valence-electron chi connectivity index (χ1n) is 6.02. The van der Waals surface area contributed by atoms with Crippen LogP contribution in [0.5, 0.6) is 0 Å². The Balaban J connectivity index is 4.40. The third kappa shape index (κ3) is 9.52. The fraction of sp³-hybridized carbons (Fsp3) is 1.00. The van der Waals surface area contributed by atoms with Crippen molar-refractivity contribution in [2.75, 3.05) is 33.0 Å². The van der Waals surface area contributed by atoms with Gasteiger partial charge in [-0.15, -0.1) is 0 Å². The number of aliphatic hydroxyl groups excluding tert-OH is 1. The van der Waals surface area contributed by atoms with Crippen molar-refractivity contribution in [3.8, 4) is 0 Å². The molecule has 1 atom stereocenters. The van der Waals surface area contributed by atoms with E-state index in [9.17, 15) is 8.42 Å². The van der Waals surface area contributed by atoms with E-state index in [4.69, 9.17) is 5.11 Å². The number of hydrogen-bond acceptors (Lipinski definition) is 4. The molecule has 0 saturated heterocycles. The van der Waals surface area contributed by atoms with Gasteiger partial charge in [0.05, 0.1) is 5.75 Å². The maximum atomic E-state index is 11.7. The smallest absolute Gasteiger partial charge is 0.211 e. The molecule has 0 spiro atoms. The zero-order chi connectivity index (χ0) is 13.5. The predicted octanol–water partition coefficient (Wildman–Crippen LogP) is 0.265. The quantitative estimate of drug-likeness (QED) is 0.628. The van der Waals surface area contributed by atoms with Crippen LogP contribution in [0.4, 0.5) is 0 Å². The van der Waals surface area contributed by atoms with Crippen LogP contribution in [0, 0.1) is 5.92 Å². The minimum absolute atomic E-state index is 0.00841. The van der Waals surface area contributed by atoms with Crippen LogP contribution < -0.4 is 4.72 Å². The lowest BCUT2D eigenvalue weighted by atomic mass is 10.0. The molecular formula is C11H26N2O3S. The molecule has 6 heteroatoms. The average molecular weight is 266 g/mol. The van der Waals surface area contributed by atoms with Gasteiger partial charge in [-0.1, -0.05) is 13.8 Å². The lowest BCUT2D eigenvalue weighted by Gasteiger charge is -2.23. The first-order chi connectivity index (χ1) is 7.76. The van der Waals surface area contributed by atoms with E-state index in [1.54, 1.807) is 0 Å². The SMILES string of the molecule is CC(C)CC(CN(C)C)NS(=O)(=O)CCCO. The van der Waals surface area contributed by atoms with E-state index < -0.39 is 10.0 Å². The third-order valence-electron chi connectivity index (χ3n) is 2.26. The van der Waals surface area contributed by atoms with Gasteiger partial charge in [-0.3, -0.25) is 0 Å². The van der Waals surface area contributed by atoms with Crippen LogP contribution in [0.1, 0.15) is 26.7 Å². The molecule has 0 rings (SSSR count). The van der Waals surface area contributed by atoms with Crippen molar-refractivity contribution in [3.63, 3.8) is 0 Å². The summed E-state index contributed by atoms with van der Waals surface area (Å²) < 4.78 is 26.2. The van der Waals surface area contributed by atoms with E-state index >= 15 is 0 Å². The number of hydrogen-bond donors (Lipinski definition) is 2. The summed E-state index contributed by atoms with van der Waals surface area (Å²) in [5.74, 6) is 0.436. The minimum Gasteiger partial charge on any atom is -0.396 e. The van der Waals surface area contributed by atoms with Crippen LogP contribution in [-0.2, 0) is 10.0 Å². The Labute approximate surface area is 105 Å². The fourth-order valence-corrected chi connectivity index (χ4v) is 3.04. The average Bonchev–Trinajstić information content (AvgIpc) is 2.11. The van der Waals surface area contributed by atoms with Gasteiger partial charge < -0.3 is 10.0 Å². The van der Waals surface area contributed by atoms with E-state index in [1.165, 1.54) is 0 Å². The maximum Gasteiger partial charge on any atom is 0.211 e. The molecule has 0 bridgehead atoms. The molecule has 0 aromatic heterocycles. The van der Waals surface area contributed by atoms with Crippen LogP contribution in [-0.4, -0.2) is 57.5 Å². The van der Waals surface area contributed by atoms with Crippen molar-refractivity contribution in [1.29, 1.82) is 0 Å². The number of sulfonamides is 1. The number of nitrogens with one attached hydrogen (secondary N) is 1. The second-order valence-electron chi connectivity index (χ2n) is 5.10. The van der Waals surface area contributed by atoms with Gasteiger partial charge in [0.1, 0.15) is 0 Å². The van der Waals surface area contributed by atoms with Crippen molar-refractivity contribution in [2.45, 2.75) is 32.7 Å². The molecule has 2 N–H and O–H groups in total. The molecule has 5 nitrogen and oxygen atoms in total. The van der Waals surface area contributed by atoms with Gasteiger partial charge >= 0.3 is 0 Å². The largest absolute Gasteiger partial charge is 0.396 e. The normalized spacial score (nSPS) is 14.5. The molecule has 17 heavy (non-hydrogen) atoms. The summed E-state index contributed by atoms with van der Waals surface area (Å²) in [6.45, 7) is 4.75. The van der Waals surface area contributed by atoms with E-state index in [0.29, 0.717) is 12.5 Å². The van der Waals surface area contributed by atoms with Crippen molar-refractivity contribution >= 4 is 10.0 Å². The summed E-state index contributed by atoms with van der Waals surface area (Å²) in [7, 11) is 0.581. The van der Waals surface area contributed by atoms with Gasteiger partial charge in [-0.2, -0.15) is 0 Å². The molecule has 0 amide bonds. The van der Waals surface area contributed by atoms with Crippen molar-refractivity contribution < 1.29 is 13.5 Å². The van der Waals surface area contributed by atoms with Gasteiger partial charge in [0.15, 0.2) is 0 Å². The van der Waals surface area contributed by atoms with Gasteiger partial charge in [0.25, 0.3) is 0 Å². The molecule has 0 aliphatic rings. The van der Waals surface area contributed by atoms with E-state index in [-0.39, 0.29) is 24.8 Å². The van der Waals surface area contributed by atoms with Gasteiger partial charge in [-0.05, 0) is 32.9 Å². The lowest BCUT2D eigenvalue weighted by molar-refractivity contribution is 0.294. The summed E-state index contributed by atoms with van der Waals surface area (Å²) in [5.41, 5.74) is 0. The second-order valence-corrected chi connectivity index (χ2v) is 6.98. The molecule has 0 aliphatic heterocycles. The summed E-state index contributed by atoms with van der Waals surface area (Å²) in [4.78, 5) is 1.97. The van der Waals surface area contributed by atoms with Gasteiger partial charge in [0.2, 0.25) is 10.0 Å². The summed E-state index contributed by atoms with van der Waals surface area (Å²) >= 11 is 0. The Morgan fingerprint density at radius 1 is 1.29 bits per heavy atom. The zero-order valence-corrected chi connectivity index (χ0v) is 12.1. The molecule has 0 radical (unpaired) electrons. The summed E-state index contributed by atoms with van der Waals surface area (Å²) in [6, 6.07) is -0.0614.